The SMILES string of the molecule is O=C(NOCC1CCCC1)[C@@H]1CC[C@@H]2CN1C(=O)N2OS(=O)(=O)O. The van der Waals surface area contributed by atoms with E-state index in [2.05, 4.69) is 9.76 Å². The summed E-state index contributed by atoms with van der Waals surface area (Å²) < 4.78 is 34.7. The molecule has 1 aliphatic carbocycles. The molecule has 2 saturated heterocycles. The van der Waals surface area contributed by atoms with Crippen molar-refractivity contribution in [2.45, 2.75) is 50.6 Å². The average Bonchev–Trinajstić information content (AvgIpc) is 3.10. The van der Waals surface area contributed by atoms with Crippen molar-refractivity contribution in [1.29, 1.82) is 0 Å². The highest BCUT2D eigenvalue weighted by atomic mass is 32.3. The molecule has 2 N–H and O–H groups in total. The van der Waals surface area contributed by atoms with Crippen LogP contribution in [0.4, 0.5) is 4.79 Å². The molecule has 3 aliphatic rings. The van der Waals surface area contributed by atoms with E-state index in [1.807, 2.05) is 0 Å². The Morgan fingerprint density at radius 3 is 2.62 bits per heavy atom. The van der Waals surface area contributed by atoms with Crippen molar-refractivity contribution >= 4 is 22.3 Å². The molecule has 2 bridgehead atoms. The Hall–Kier alpha value is -1.43. The lowest BCUT2D eigenvalue weighted by atomic mass is 10.0. The van der Waals surface area contributed by atoms with Crippen LogP contribution < -0.4 is 5.48 Å². The van der Waals surface area contributed by atoms with Gasteiger partial charge in [0.05, 0.1) is 12.6 Å². The summed E-state index contributed by atoms with van der Waals surface area (Å²) in [6, 6.07) is -2.01. The second kappa shape index (κ2) is 6.82. The topological polar surface area (TPSA) is 125 Å². The quantitative estimate of drug-likeness (QED) is 0.511. The third kappa shape index (κ3) is 3.79. The lowest BCUT2D eigenvalue weighted by Gasteiger charge is -2.29. The van der Waals surface area contributed by atoms with Gasteiger partial charge in [-0.25, -0.2) is 10.3 Å². The molecule has 2 atom stereocenters. The molecular formula is C13H21N3O7S. The van der Waals surface area contributed by atoms with E-state index in [4.69, 9.17) is 9.39 Å². The van der Waals surface area contributed by atoms with Gasteiger partial charge in [-0.05, 0) is 31.6 Å². The molecule has 0 unspecified atom stereocenters. The summed E-state index contributed by atoms with van der Waals surface area (Å²) in [6.07, 6.45) is 5.29. The summed E-state index contributed by atoms with van der Waals surface area (Å²) in [5, 5.41) is 0.613. The number of hydrogen-bond acceptors (Lipinski definition) is 6. The number of piperidine rings is 1. The van der Waals surface area contributed by atoms with E-state index in [1.165, 1.54) is 17.7 Å². The number of urea groups is 1. The highest BCUT2D eigenvalue weighted by Gasteiger charge is 2.49. The maximum atomic E-state index is 12.2. The lowest BCUT2D eigenvalue weighted by Crippen LogP contribution is -2.49. The first-order valence-corrected chi connectivity index (χ1v) is 9.40. The number of amides is 3. The minimum Gasteiger partial charge on any atom is -0.309 e. The normalized spacial score (nSPS) is 27.8. The van der Waals surface area contributed by atoms with E-state index >= 15 is 0 Å². The third-order valence-corrected chi connectivity index (χ3v) is 5.12. The highest BCUT2D eigenvalue weighted by Crippen LogP contribution is 2.30. The molecule has 1 saturated carbocycles. The fourth-order valence-electron chi connectivity index (χ4n) is 3.58. The molecule has 136 valence electrons. The molecule has 10 nitrogen and oxygen atoms in total. The standard InChI is InChI=1S/C13H21N3O7S/c17-12(14-22-8-9-3-1-2-4-9)11-6-5-10-7-15(11)13(18)16(10)23-24(19,20)21/h9-11H,1-8H2,(H,14,17)(H,19,20,21)/t10-,11+/m1/s1. The number of nitrogens with one attached hydrogen (secondary N) is 1. The van der Waals surface area contributed by atoms with Crippen molar-refractivity contribution in [3.8, 4) is 0 Å². The molecule has 0 aromatic carbocycles. The molecule has 3 amide bonds. The Morgan fingerprint density at radius 2 is 1.96 bits per heavy atom. The summed E-state index contributed by atoms with van der Waals surface area (Å²) in [5.74, 6) is 0.0154. The molecule has 0 radical (unpaired) electrons. The Labute approximate surface area is 139 Å². The van der Waals surface area contributed by atoms with Crippen molar-refractivity contribution < 1.29 is 31.7 Å². The van der Waals surface area contributed by atoms with Gasteiger partial charge in [-0.15, -0.1) is 4.28 Å². The van der Waals surface area contributed by atoms with Gasteiger partial charge < -0.3 is 4.90 Å². The van der Waals surface area contributed by atoms with Crippen LogP contribution in [0.1, 0.15) is 38.5 Å². The van der Waals surface area contributed by atoms with Crippen LogP contribution in [0.5, 0.6) is 0 Å². The second-order valence-corrected chi connectivity index (χ2v) is 7.44. The van der Waals surface area contributed by atoms with E-state index in [9.17, 15) is 18.0 Å². The Kier molecular flexibility index (Phi) is 4.95. The number of hydroxylamine groups is 3. The highest BCUT2D eigenvalue weighted by molar-refractivity contribution is 7.80. The van der Waals surface area contributed by atoms with E-state index < -0.39 is 34.4 Å². The number of carbonyl (C=O) groups excluding carboxylic acids is 2. The summed E-state index contributed by atoms with van der Waals surface area (Å²) in [7, 11) is -4.79. The predicted octanol–water partition coefficient (Wildman–Crippen LogP) is 0.227. The number of carbonyl (C=O) groups is 2. The van der Waals surface area contributed by atoms with Crippen molar-refractivity contribution in [2.24, 2.45) is 5.92 Å². The van der Waals surface area contributed by atoms with Gasteiger partial charge in [0.1, 0.15) is 6.04 Å². The summed E-state index contributed by atoms with van der Waals surface area (Å²) >= 11 is 0. The van der Waals surface area contributed by atoms with Crippen LogP contribution >= 0.6 is 0 Å². The zero-order valence-electron chi connectivity index (χ0n) is 13.1. The maximum absolute atomic E-state index is 12.2. The van der Waals surface area contributed by atoms with Crippen LogP contribution in [0.2, 0.25) is 0 Å². The predicted molar refractivity (Wildman–Crippen MR) is 79.4 cm³/mol. The van der Waals surface area contributed by atoms with Crippen LogP contribution in [-0.4, -0.2) is 60.1 Å². The van der Waals surface area contributed by atoms with Crippen molar-refractivity contribution in [3.05, 3.63) is 0 Å². The van der Waals surface area contributed by atoms with Crippen molar-refractivity contribution in [1.82, 2.24) is 15.4 Å². The number of rotatable bonds is 6. The van der Waals surface area contributed by atoms with Crippen LogP contribution in [0.15, 0.2) is 0 Å². The minimum absolute atomic E-state index is 0.162. The summed E-state index contributed by atoms with van der Waals surface area (Å²) in [5.41, 5.74) is 2.39. The van der Waals surface area contributed by atoms with Crippen molar-refractivity contribution in [3.63, 3.8) is 0 Å². The molecule has 0 aromatic heterocycles. The Bertz CT molecular complexity index is 605. The van der Waals surface area contributed by atoms with E-state index in [-0.39, 0.29) is 6.54 Å². The molecule has 0 spiro atoms. The average molecular weight is 363 g/mol. The number of fused-ring (bicyclic) bond motifs is 2. The molecule has 2 aliphatic heterocycles. The van der Waals surface area contributed by atoms with Gasteiger partial charge >= 0.3 is 16.4 Å². The first kappa shape index (κ1) is 17.4. The molecule has 24 heavy (non-hydrogen) atoms. The van der Waals surface area contributed by atoms with Crippen LogP contribution in [0.25, 0.3) is 0 Å². The zero-order valence-corrected chi connectivity index (χ0v) is 13.9. The summed E-state index contributed by atoms with van der Waals surface area (Å²) in [4.78, 5) is 30.9. The molecule has 3 rings (SSSR count). The minimum atomic E-state index is -4.79. The smallest absolute Gasteiger partial charge is 0.309 e. The zero-order chi connectivity index (χ0) is 17.3. The second-order valence-electron chi connectivity index (χ2n) is 6.44. The van der Waals surface area contributed by atoms with Crippen molar-refractivity contribution in [2.75, 3.05) is 13.2 Å². The first-order valence-electron chi connectivity index (χ1n) is 8.03. The number of nitrogens with zero attached hydrogens (tertiary/aromatic N) is 2. The van der Waals surface area contributed by atoms with Gasteiger partial charge in [0.15, 0.2) is 0 Å². The van der Waals surface area contributed by atoms with Crippen LogP contribution in [0, 0.1) is 5.92 Å². The third-order valence-electron chi connectivity index (χ3n) is 4.77. The fourth-order valence-corrected chi connectivity index (χ4v) is 3.97. The summed E-state index contributed by atoms with van der Waals surface area (Å²) in [6.45, 7) is 0.613. The van der Waals surface area contributed by atoms with Gasteiger partial charge in [-0.2, -0.15) is 13.5 Å². The van der Waals surface area contributed by atoms with Gasteiger partial charge in [0, 0.05) is 6.54 Å². The maximum Gasteiger partial charge on any atom is 0.418 e. The van der Waals surface area contributed by atoms with E-state index in [0.29, 0.717) is 30.4 Å². The molecule has 2 heterocycles. The lowest BCUT2D eigenvalue weighted by molar-refractivity contribution is -0.139. The Morgan fingerprint density at radius 1 is 1.25 bits per heavy atom. The van der Waals surface area contributed by atoms with Gasteiger partial charge in [0.25, 0.3) is 5.91 Å². The van der Waals surface area contributed by atoms with E-state index in [1.54, 1.807) is 0 Å². The molecule has 11 heteroatoms. The first-order chi connectivity index (χ1) is 11.3. The van der Waals surface area contributed by atoms with Gasteiger partial charge in [0.2, 0.25) is 0 Å². The number of hydrogen-bond donors (Lipinski definition) is 2. The van der Waals surface area contributed by atoms with Crippen LogP contribution in [0.3, 0.4) is 0 Å². The molecule has 0 aromatic rings. The largest absolute Gasteiger partial charge is 0.418 e. The van der Waals surface area contributed by atoms with Crippen LogP contribution in [-0.2, 0) is 24.3 Å². The van der Waals surface area contributed by atoms with Gasteiger partial charge in [-0.1, -0.05) is 12.8 Å². The molecular weight excluding hydrogens is 342 g/mol. The van der Waals surface area contributed by atoms with Gasteiger partial charge in [-0.3, -0.25) is 14.2 Å². The monoisotopic (exact) mass is 363 g/mol. The fraction of sp³-hybridized carbons (Fsp3) is 0.846. The Balaban J connectivity index is 1.54. The molecule has 3 fully saturated rings. The van der Waals surface area contributed by atoms with E-state index in [0.717, 1.165) is 12.8 Å².